The van der Waals surface area contributed by atoms with Crippen molar-refractivity contribution in [1.82, 2.24) is 9.97 Å². The van der Waals surface area contributed by atoms with Crippen LogP contribution in [0.2, 0.25) is 0 Å². The lowest BCUT2D eigenvalue weighted by molar-refractivity contribution is 1.36. The van der Waals surface area contributed by atoms with Gasteiger partial charge in [0.05, 0.1) is 11.2 Å². The lowest BCUT2D eigenvalue weighted by atomic mass is 10.2. The molecule has 0 amide bonds. The fourth-order valence-corrected chi connectivity index (χ4v) is 3.83. The molecule has 1 N–H and O–H groups in total. The highest BCUT2D eigenvalue weighted by Crippen LogP contribution is 2.28. The van der Waals surface area contributed by atoms with Crippen molar-refractivity contribution in [3.8, 4) is 17.3 Å². The standard InChI is InChI=1S/C21H13BrN4S/c22-17-5-1-3-14(9-17)20-13-27-21(26-20)16(11-23)12-25-18-6-7-19-15(10-18)4-2-8-24-19/h1-10,12-13,25H/b16-12+. The number of allylic oxidation sites excluding steroid dienone is 1. The van der Waals surface area contributed by atoms with Crippen LogP contribution in [0.1, 0.15) is 5.01 Å². The van der Waals surface area contributed by atoms with Crippen LogP contribution in [0.25, 0.3) is 27.7 Å². The molecule has 4 nitrogen and oxygen atoms in total. The van der Waals surface area contributed by atoms with Crippen LogP contribution in [0, 0.1) is 11.3 Å². The van der Waals surface area contributed by atoms with Crippen LogP contribution in [-0.4, -0.2) is 9.97 Å². The highest BCUT2D eigenvalue weighted by Gasteiger charge is 2.09. The van der Waals surface area contributed by atoms with E-state index in [9.17, 15) is 5.26 Å². The molecule has 27 heavy (non-hydrogen) atoms. The number of halogens is 1. The first-order valence-electron chi connectivity index (χ1n) is 8.16. The average Bonchev–Trinajstić information content (AvgIpc) is 3.18. The number of nitrogens with zero attached hydrogens (tertiary/aromatic N) is 3. The van der Waals surface area contributed by atoms with Crippen molar-refractivity contribution >= 4 is 49.4 Å². The molecule has 0 radical (unpaired) electrons. The van der Waals surface area contributed by atoms with E-state index in [1.165, 1.54) is 11.3 Å². The minimum Gasteiger partial charge on any atom is -0.360 e. The topological polar surface area (TPSA) is 61.6 Å². The Balaban J connectivity index is 1.59. The Kier molecular flexibility index (Phi) is 4.97. The Morgan fingerprint density at radius 3 is 2.93 bits per heavy atom. The number of pyridine rings is 1. The van der Waals surface area contributed by atoms with Crippen molar-refractivity contribution in [2.75, 3.05) is 5.32 Å². The molecule has 0 saturated carbocycles. The van der Waals surface area contributed by atoms with Gasteiger partial charge in [-0.25, -0.2) is 4.98 Å². The minimum atomic E-state index is 0.493. The van der Waals surface area contributed by atoms with E-state index in [1.807, 2.05) is 60.0 Å². The number of hydrogen-bond donors (Lipinski definition) is 1. The summed E-state index contributed by atoms with van der Waals surface area (Å²) in [6, 6.07) is 20.0. The van der Waals surface area contributed by atoms with Crippen LogP contribution in [0.15, 0.2) is 76.8 Å². The van der Waals surface area contributed by atoms with Gasteiger partial charge in [-0.2, -0.15) is 5.26 Å². The van der Waals surface area contributed by atoms with E-state index in [0.717, 1.165) is 32.3 Å². The van der Waals surface area contributed by atoms with E-state index in [2.05, 4.69) is 37.3 Å². The van der Waals surface area contributed by atoms with Crippen LogP contribution in [-0.2, 0) is 0 Å². The molecule has 0 atom stereocenters. The van der Waals surface area contributed by atoms with Gasteiger partial charge in [-0.05, 0) is 36.4 Å². The molecule has 0 spiro atoms. The van der Waals surface area contributed by atoms with E-state index in [0.29, 0.717) is 10.6 Å². The van der Waals surface area contributed by atoms with E-state index >= 15 is 0 Å². The first kappa shape index (κ1) is 17.4. The molecule has 130 valence electrons. The molecule has 0 aliphatic rings. The Morgan fingerprint density at radius 2 is 2.07 bits per heavy atom. The minimum absolute atomic E-state index is 0.493. The monoisotopic (exact) mass is 432 g/mol. The summed E-state index contributed by atoms with van der Waals surface area (Å²) in [5, 5.41) is 16.4. The van der Waals surface area contributed by atoms with E-state index in [1.54, 1.807) is 12.4 Å². The summed E-state index contributed by atoms with van der Waals surface area (Å²) in [4.78, 5) is 8.92. The van der Waals surface area contributed by atoms with E-state index < -0.39 is 0 Å². The maximum atomic E-state index is 9.54. The number of hydrogen-bond acceptors (Lipinski definition) is 5. The molecule has 0 aliphatic carbocycles. The average molecular weight is 433 g/mol. The van der Waals surface area contributed by atoms with Gasteiger partial charge in [0.25, 0.3) is 0 Å². The van der Waals surface area contributed by atoms with Crippen LogP contribution in [0.4, 0.5) is 5.69 Å². The number of rotatable bonds is 4. The number of nitrogens with one attached hydrogen (secondary N) is 1. The SMILES string of the molecule is N#C/C(=C\Nc1ccc2ncccc2c1)c1nc(-c2cccc(Br)c2)cs1. The predicted molar refractivity (Wildman–Crippen MR) is 114 cm³/mol. The second kappa shape index (κ2) is 7.70. The maximum absolute atomic E-state index is 9.54. The third kappa shape index (κ3) is 3.90. The Hall–Kier alpha value is -3.01. The van der Waals surface area contributed by atoms with E-state index in [4.69, 9.17) is 0 Å². The van der Waals surface area contributed by atoms with Gasteiger partial charge in [-0.15, -0.1) is 11.3 Å². The highest BCUT2D eigenvalue weighted by molar-refractivity contribution is 9.10. The first-order chi connectivity index (χ1) is 13.2. The molecule has 2 aromatic heterocycles. The third-order valence-corrected chi connectivity index (χ3v) is 5.33. The van der Waals surface area contributed by atoms with Gasteiger partial charge in [-0.3, -0.25) is 4.98 Å². The zero-order valence-electron chi connectivity index (χ0n) is 14.1. The number of aromatic nitrogens is 2. The number of nitriles is 1. The zero-order chi connectivity index (χ0) is 18.6. The number of thiazole rings is 1. The highest BCUT2D eigenvalue weighted by atomic mass is 79.9. The van der Waals surface area contributed by atoms with Gasteiger partial charge in [0.1, 0.15) is 16.6 Å². The lowest BCUT2D eigenvalue weighted by Crippen LogP contribution is -1.91. The lowest BCUT2D eigenvalue weighted by Gasteiger charge is -2.03. The van der Waals surface area contributed by atoms with Gasteiger partial charge in [0.15, 0.2) is 0 Å². The summed E-state index contributed by atoms with van der Waals surface area (Å²) in [6.07, 6.45) is 3.47. The molecule has 0 fully saturated rings. The molecule has 2 aromatic carbocycles. The van der Waals surface area contributed by atoms with Crippen LogP contribution >= 0.6 is 27.3 Å². The summed E-state index contributed by atoms with van der Waals surface area (Å²) < 4.78 is 0.998. The third-order valence-electron chi connectivity index (χ3n) is 3.96. The zero-order valence-corrected chi connectivity index (χ0v) is 16.5. The molecule has 0 unspecified atom stereocenters. The first-order valence-corrected chi connectivity index (χ1v) is 9.83. The summed E-state index contributed by atoms with van der Waals surface area (Å²) in [5.41, 5.74) is 4.19. The van der Waals surface area contributed by atoms with Crippen molar-refractivity contribution in [2.45, 2.75) is 0 Å². The molecule has 4 aromatic rings. The summed E-state index contributed by atoms with van der Waals surface area (Å²) in [7, 11) is 0. The largest absolute Gasteiger partial charge is 0.360 e. The Bertz CT molecular complexity index is 1190. The fourth-order valence-electron chi connectivity index (χ4n) is 2.64. The normalized spacial score (nSPS) is 11.3. The maximum Gasteiger partial charge on any atom is 0.136 e. The predicted octanol–water partition coefficient (Wildman–Crippen LogP) is 6.10. The number of anilines is 1. The van der Waals surface area contributed by atoms with Crippen molar-refractivity contribution in [1.29, 1.82) is 5.26 Å². The van der Waals surface area contributed by atoms with Crippen molar-refractivity contribution in [3.63, 3.8) is 0 Å². The Morgan fingerprint density at radius 1 is 1.15 bits per heavy atom. The van der Waals surface area contributed by atoms with Gasteiger partial charge in [0.2, 0.25) is 0 Å². The van der Waals surface area contributed by atoms with E-state index in [-0.39, 0.29) is 0 Å². The van der Waals surface area contributed by atoms with Crippen LogP contribution in [0.3, 0.4) is 0 Å². The van der Waals surface area contributed by atoms with Crippen molar-refractivity contribution in [3.05, 3.63) is 81.9 Å². The summed E-state index contributed by atoms with van der Waals surface area (Å²) in [6.45, 7) is 0. The fraction of sp³-hybridized carbons (Fsp3) is 0. The molecular weight excluding hydrogens is 420 g/mol. The Labute approximate surface area is 169 Å². The van der Waals surface area contributed by atoms with Gasteiger partial charge >= 0.3 is 0 Å². The summed E-state index contributed by atoms with van der Waals surface area (Å²) >= 11 is 4.93. The molecule has 2 heterocycles. The second-order valence-electron chi connectivity index (χ2n) is 5.77. The molecule has 0 aliphatic heterocycles. The van der Waals surface area contributed by atoms with Crippen LogP contribution < -0.4 is 5.32 Å². The summed E-state index contributed by atoms with van der Waals surface area (Å²) in [5.74, 6) is 0. The number of benzene rings is 2. The molecule has 0 bridgehead atoms. The number of fused-ring (bicyclic) bond motifs is 1. The van der Waals surface area contributed by atoms with Gasteiger partial charge in [-0.1, -0.05) is 34.1 Å². The second-order valence-corrected chi connectivity index (χ2v) is 7.55. The quantitative estimate of drug-likeness (QED) is 0.395. The van der Waals surface area contributed by atoms with Crippen molar-refractivity contribution in [2.24, 2.45) is 0 Å². The van der Waals surface area contributed by atoms with Crippen molar-refractivity contribution < 1.29 is 0 Å². The van der Waals surface area contributed by atoms with Gasteiger partial charge < -0.3 is 5.32 Å². The smallest absolute Gasteiger partial charge is 0.136 e. The molecular formula is C21H13BrN4S. The van der Waals surface area contributed by atoms with Crippen LogP contribution in [0.5, 0.6) is 0 Å². The molecule has 4 rings (SSSR count). The van der Waals surface area contributed by atoms with Gasteiger partial charge in [0, 0.05) is 38.9 Å². The molecule has 0 saturated heterocycles. The molecule has 6 heteroatoms.